The number of aryl methyl sites for hydroxylation is 1. The molecule has 228 valence electrons. The van der Waals surface area contributed by atoms with Crippen LogP contribution >= 0.6 is 0 Å². The average Bonchev–Trinajstić information content (AvgIpc) is 3.59. The fourth-order valence-corrected chi connectivity index (χ4v) is 5.53. The number of aromatic nitrogens is 2. The summed E-state index contributed by atoms with van der Waals surface area (Å²) in [5.41, 5.74) is 10.1. The number of Topliss-reactive ketones (excluding diaryl/α,β-unsaturated/α-hetero) is 3. The van der Waals surface area contributed by atoms with Gasteiger partial charge in [0.15, 0.2) is 0 Å². The monoisotopic (exact) mass is 610 g/mol. The van der Waals surface area contributed by atoms with Crippen LogP contribution in [0.2, 0.25) is 0 Å². The summed E-state index contributed by atoms with van der Waals surface area (Å²) in [6.07, 6.45) is 4.25. The van der Waals surface area contributed by atoms with Crippen molar-refractivity contribution in [1.82, 2.24) is 9.55 Å². The molecule has 1 atom stereocenters. The molecule has 1 unspecified atom stereocenters. The Morgan fingerprint density at radius 2 is 1.52 bits per heavy atom. The van der Waals surface area contributed by atoms with Crippen LogP contribution in [0.3, 0.4) is 0 Å². The van der Waals surface area contributed by atoms with Gasteiger partial charge in [0, 0.05) is 52.5 Å². The number of ketones is 3. The molecule has 1 aliphatic rings. The lowest BCUT2D eigenvalue weighted by Gasteiger charge is -2.13. The molecular formula is C36H30N6O4. The second-order valence-corrected chi connectivity index (χ2v) is 11.2. The first-order valence-corrected chi connectivity index (χ1v) is 14.6. The van der Waals surface area contributed by atoms with Crippen molar-refractivity contribution < 1.29 is 19.2 Å². The van der Waals surface area contributed by atoms with Crippen molar-refractivity contribution >= 4 is 67.8 Å². The lowest BCUT2D eigenvalue weighted by Crippen LogP contribution is -2.24. The molecule has 6 rings (SSSR count). The standard InChI is InChI=1S/C36H30N6O4/c1-20-15-22(37)16-27(20)36(46)40-24-17-31(42(2)19-24)35(45)28(38)18-32(43)34(44)21-11-13-23(14-12-21)39-33-25-7-3-5-9-29(25)41-30-10-6-4-8-26(30)33/h3-17,19-20,38H,18,37H2,1-2H3,(H,39,41)(H,40,46). The van der Waals surface area contributed by atoms with E-state index in [0.29, 0.717) is 22.6 Å². The maximum Gasteiger partial charge on any atom is 0.252 e. The number of rotatable bonds is 10. The molecule has 0 radical (unpaired) electrons. The topological polar surface area (TPSA) is 160 Å². The summed E-state index contributed by atoms with van der Waals surface area (Å²) in [7, 11) is 1.59. The second-order valence-electron chi connectivity index (χ2n) is 11.2. The summed E-state index contributed by atoms with van der Waals surface area (Å²) in [6.45, 7) is 1.85. The number of hydrogen-bond acceptors (Lipinski definition) is 8. The number of carbonyl (C=O) groups excluding carboxylic acids is 4. The number of amides is 1. The van der Waals surface area contributed by atoms with Gasteiger partial charge in [-0.2, -0.15) is 0 Å². The molecule has 10 nitrogen and oxygen atoms in total. The Morgan fingerprint density at radius 3 is 2.13 bits per heavy atom. The van der Waals surface area contributed by atoms with Crippen molar-refractivity contribution in [3.8, 4) is 0 Å². The van der Waals surface area contributed by atoms with Crippen LogP contribution in [-0.4, -0.2) is 38.5 Å². The third-order valence-electron chi connectivity index (χ3n) is 7.88. The predicted molar refractivity (Wildman–Crippen MR) is 179 cm³/mol. The van der Waals surface area contributed by atoms with Crippen LogP contribution in [0, 0.1) is 11.3 Å². The van der Waals surface area contributed by atoms with Gasteiger partial charge in [-0.05, 0) is 48.5 Å². The molecule has 3 aromatic carbocycles. The Morgan fingerprint density at radius 1 is 0.891 bits per heavy atom. The van der Waals surface area contributed by atoms with Gasteiger partial charge in [-0.1, -0.05) is 49.4 Å². The summed E-state index contributed by atoms with van der Waals surface area (Å²) in [5, 5.41) is 16.3. The Hall–Kier alpha value is -6.16. The van der Waals surface area contributed by atoms with E-state index in [1.54, 1.807) is 31.3 Å². The van der Waals surface area contributed by atoms with Crippen molar-refractivity contribution in [1.29, 1.82) is 5.41 Å². The van der Waals surface area contributed by atoms with Crippen LogP contribution in [0.5, 0.6) is 0 Å². The summed E-state index contributed by atoms with van der Waals surface area (Å²) in [5.74, 6) is -2.89. The van der Waals surface area contributed by atoms with Gasteiger partial charge < -0.3 is 26.3 Å². The van der Waals surface area contributed by atoms with E-state index in [9.17, 15) is 19.2 Å². The van der Waals surface area contributed by atoms with Crippen LogP contribution in [0.4, 0.5) is 17.1 Å². The first-order valence-electron chi connectivity index (χ1n) is 14.6. The number of benzene rings is 3. The fraction of sp³-hybridized carbons (Fsp3) is 0.111. The number of para-hydroxylation sites is 2. The fourth-order valence-electron chi connectivity index (χ4n) is 5.53. The van der Waals surface area contributed by atoms with Gasteiger partial charge >= 0.3 is 0 Å². The molecule has 5 aromatic rings. The molecule has 0 fully saturated rings. The summed E-state index contributed by atoms with van der Waals surface area (Å²) in [6, 6.07) is 23.5. The lowest BCUT2D eigenvalue weighted by molar-refractivity contribution is -0.114. The molecular weight excluding hydrogens is 580 g/mol. The number of nitrogens with zero attached hydrogens (tertiary/aromatic N) is 2. The molecule has 0 bridgehead atoms. The first kappa shape index (κ1) is 29.9. The molecule has 0 aliphatic heterocycles. The molecule has 2 aromatic heterocycles. The molecule has 1 aliphatic carbocycles. The van der Waals surface area contributed by atoms with E-state index < -0.39 is 29.5 Å². The number of allylic oxidation sites excluding steroid dienone is 2. The third kappa shape index (κ3) is 5.83. The van der Waals surface area contributed by atoms with E-state index in [1.165, 1.54) is 29.0 Å². The normalized spacial score (nSPS) is 14.1. The molecule has 1 amide bonds. The molecule has 10 heteroatoms. The summed E-state index contributed by atoms with van der Waals surface area (Å²) >= 11 is 0. The van der Waals surface area contributed by atoms with Gasteiger partial charge in [0.2, 0.25) is 17.3 Å². The van der Waals surface area contributed by atoms with Gasteiger partial charge in [-0.15, -0.1) is 0 Å². The number of nitrogens with two attached hydrogens (primary N) is 1. The highest BCUT2D eigenvalue weighted by atomic mass is 16.2. The quantitative estimate of drug-likeness (QED) is 0.0666. The van der Waals surface area contributed by atoms with E-state index in [0.717, 1.165) is 27.5 Å². The lowest BCUT2D eigenvalue weighted by atomic mass is 10.0. The predicted octanol–water partition coefficient (Wildman–Crippen LogP) is 5.87. The number of fused-ring (bicyclic) bond motifs is 2. The van der Waals surface area contributed by atoms with Crippen LogP contribution in [0.25, 0.3) is 21.8 Å². The van der Waals surface area contributed by atoms with Crippen molar-refractivity contribution in [3.63, 3.8) is 0 Å². The number of pyridine rings is 1. The molecule has 46 heavy (non-hydrogen) atoms. The minimum absolute atomic E-state index is 0.0956. The zero-order chi connectivity index (χ0) is 32.5. The zero-order valence-electron chi connectivity index (χ0n) is 25.1. The zero-order valence-corrected chi connectivity index (χ0v) is 25.1. The summed E-state index contributed by atoms with van der Waals surface area (Å²) in [4.78, 5) is 56.3. The first-order chi connectivity index (χ1) is 22.1. The molecule has 5 N–H and O–H groups in total. The second kappa shape index (κ2) is 12.1. The molecule has 2 heterocycles. The van der Waals surface area contributed by atoms with Gasteiger partial charge in [-0.3, -0.25) is 19.2 Å². The van der Waals surface area contributed by atoms with Crippen molar-refractivity contribution in [2.75, 3.05) is 10.6 Å². The maximum absolute atomic E-state index is 13.0. The maximum atomic E-state index is 13.0. The highest BCUT2D eigenvalue weighted by Gasteiger charge is 2.25. The highest BCUT2D eigenvalue weighted by molar-refractivity contribution is 6.54. The Bertz CT molecular complexity index is 2100. The molecule has 0 spiro atoms. The van der Waals surface area contributed by atoms with E-state index >= 15 is 0 Å². The molecule has 0 saturated carbocycles. The van der Waals surface area contributed by atoms with Crippen LogP contribution in [0.15, 0.2) is 108 Å². The number of hydrogen-bond donors (Lipinski definition) is 4. The van der Waals surface area contributed by atoms with E-state index in [-0.39, 0.29) is 23.1 Å². The number of carbonyl (C=O) groups is 4. The summed E-state index contributed by atoms with van der Waals surface area (Å²) < 4.78 is 1.46. The molecule has 0 saturated heterocycles. The SMILES string of the molecule is CC1C=C(N)C=C1C(=O)Nc1cc(C(=O)C(=N)CC(=O)C(=O)c2ccc(Nc3c4ccccc4nc4ccccc34)cc2)n(C)c1. The van der Waals surface area contributed by atoms with Gasteiger partial charge in [0.25, 0.3) is 5.91 Å². The van der Waals surface area contributed by atoms with Crippen molar-refractivity contribution in [3.05, 3.63) is 120 Å². The minimum atomic E-state index is -0.875. The average molecular weight is 611 g/mol. The van der Waals surface area contributed by atoms with E-state index in [1.807, 2.05) is 55.5 Å². The minimum Gasteiger partial charge on any atom is -0.399 e. The van der Waals surface area contributed by atoms with Crippen molar-refractivity contribution in [2.45, 2.75) is 13.3 Å². The number of anilines is 3. The van der Waals surface area contributed by atoms with Crippen LogP contribution < -0.4 is 16.4 Å². The van der Waals surface area contributed by atoms with Gasteiger partial charge in [0.05, 0.1) is 40.2 Å². The third-order valence-corrected chi connectivity index (χ3v) is 7.88. The Balaban J connectivity index is 1.11. The number of nitrogens with one attached hydrogen (secondary N) is 3. The highest BCUT2D eigenvalue weighted by Crippen LogP contribution is 2.33. The van der Waals surface area contributed by atoms with Gasteiger partial charge in [-0.25, -0.2) is 4.98 Å². The van der Waals surface area contributed by atoms with Crippen LogP contribution in [0.1, 0.15) is 34.2 Å². The van der Waals surface area contributed by atoms with E-state index in [2.05, 4.69) is 10.6 Å². The largest absolute Gasteiger partial charge is 0.399 e. The van der Waals surface area contributed by atoms with Gasteiger partial charge in [0.1, 0.15) is 0 Å². The Kier molecular flexibility index (Phi) is 7.85. The van der Waals surface area contributed by atoms with Crippen LogP contribution in [-0.2, 0) is 16.6 Å². The van der Waals surface area contributed by atoms with Crippen molar-refractivity contribution in [2.24, 2.45) is 18.7 Å². The smallest absolute Gasteiger partial charge is 0.252 e. The van der Waals surface area contributed by atoms with E-state index in [4.69, 9.17) is 16.1 Å². The Labute approximate surface area is 264 Å².